The van der Waals surface area contributed by atoms with Crippen LogP contribution in [-0.4, -0.2) is 13.6 Å². The zero-order chi connectivity index (χ0) is 13.9. The van der Waals surface area contributed by atoms with Crippen LogP contribution in [0.4, 0.5) is 11.4 Å². The van der Waals surface area contributed by atoms with E-state index in [0.29, 0.717) is 0 Å². The predicted molar refractivity (Wildman–Crippen MR) is 84.0 cm³/mol. The van der Waals surface area contributed by atoms with Gasteiger partial charge in [0.25, 0.3) is 0 Å². The summed E-state index contributed by atoms with van der Waals surface area (Å²) in [6.45, 7) is 0.901. The average Bonchev–Trinajstić information content (AvgIpc) is 2.88. The number of hydrogen-bond acceptors (Lipinski definition) is 3. The standard InChI is InChI=1S/C17H18N2O/c1-19(16-8-4-3-7-15(16)18)11-10-13-12-20-17-9-5-2-6-14(13)17/h2-9,12H,10-11,18H2,1H3. The monoisotopic (exact) mass is 266 g/mol. The quantitative estimate of drug-likeness (QED) is 0.732. The molecule has 1 heterocycles. The van der Waals surface area contributed by atoms with Crippen molar-refractivity contribution >= 4 is 22.3 Å². The summed E-state index contributed by atoms with van der Waals surface area (Å²) < 4.78 is 5.57. The molecule has 0 saturated carbocycles. The lowest BCUT2D eigenvalue weighted by molar-refractivity contribution is 0.610. The van der Waals surface area contributed by atoms with Crippen LogP contribution in [0.15, 0.2) is 59.2 Å². The van der Waals surface area contributed by atoms with E-state index < -0.39 is 0 Å². The fourth-order valence-electron chi connectivity index (χ4n) is 2.47. The first kappa shape index (κ1) is 12.6. The lowest BCUT2D eigenvalue weighted by Crippen LogP contribution is -2.21. The molecule has 0 bridgehead atoms. The minimum absolute atomic E-state index is 0.812. The highest BCUT2D eigenvalue weighted by atomic mass is 16.3. The second-order valence-corrected chi connectivity index (χ2v) is 4.99. The van der Waals surface area contributed by atoms with Gasteiger partial charge in [0.2, 0.25) is 0 Å². The van der Waals surface area contributed by atoms with Gasteiger partial charge in [-0.15, -0.1) is 0 Å². The Morgan fingerprint density at radius 1 is 1.05 bits per heavy atom. The third-order valence-electron chi connectivity index (χ3n) is 3.63. The summed E-state index contributed by atoms with van der Waals surface area (Å²) in [6.07, 6.45) is 2.79. The van der Waals surface area contributed by atoms with E-state index in [2.05, 4.69) is 18.0 Å². The maximum Gasteiger partial charge on any atom is 0.134 e. The summed E-state index contributed by atoms with van der Waals surface area (Å²) in [7, 11) is 2.06. The smallest absolute Gasteiger partial charge is 0.134 e. The Bertz CT molecular complexity index is 718. The van der Waals surface area contributed by atoms with E-state index in [4.69, 9.17) is 10.2 Å². The third-order valence-corrected chi connectivity index (χ3v) is 3.63. The Kier molecular flexibility index (Phi) is 3.33. The van der Waals surface area contributed by atoms with Gasteiger partial charge in [0.1, 0.15) is 5.58 Å². The molecule has 0 aliphatic carbocycles. The van der Waals surface area contributed by atoms with Crippen LogP contribution in [0, 0.1) is 0 Å². The van der Waals surface area contributed by atoms with Crippen molar-refractivity contribution in [3.05, 3.63) is 60.4 Å². The molecule has 0 aliphatic heterocycles. The Morgan fingerprint density at radius 2 is 1.80 bits per heavy atom. The van der Waals surface area contributed by atoms with Gasteiger partial charge in [-0.25, -0.2) is 0 Å². The predicted octanol–water partition coefficient (Wildman–Crippen LogP) is 3.69. The molecule has 0 aliphatic rings. The van der Waals surface area contributed by atoms with Gasteiger partial charge in [-0.3, -0.25) is 0 Å². The molecule has 0 atom stereocenters. The Balaban J connectivity index is 1.75. The molecule has 3 heteroatoms. The molecule has 3 nitrogen and oxygen atoms in total. The van der Waals surface area contributed by atoms with E-state index >= 15 is 0 Å². The lowest BCUT2D eigenvalue weighted by atomic mass is 10.1. The number of nitrogen functional groups attached to an aromatic ring is 1. The number of nitrogens with two attached hydrogens (primary N) is 1. The Morgan fingerprint density at radius 3 is 2.65 bits per heavy atom. The fraction of sp³-hybridized carbons (Fsp3) is 0.176. The molecule has 3 aromatic rings. The van der Waals surface area contributed by atoms with Crippen LogP contribution in [0.1, 0.15) is 5.56 Å². The lowest BCUT2D eigenvalue weighted by Gasteiger charge is -2.20. The van der Waals surface area contributed by atoms with Crippen LogP contribution in [0.2, 0.25) is 0 Å². The van der Waals surface area contributed by atoms with Gasteiger partial charge in [0.05, 0.1) is 17.6 Å². The van der Waals surface area contributed by atoms with E-state index in [-0.39, 0.29) is 0 Å². The molecular formula is C17H18N2O. The second-order valence-electron chi connectivity index (χ2n) is 4.99. The molecule has 0 spiro atoms. The molecule has 2 aromatic carbocycles. The normalized spacial score (nSPS) is 10.8. The van der Waals surface area contributed by atoms with Crippen molar-refractivity contribution in [3.63, 3.8) is 0 Å². The number of nitrogens with zero attached hydrogens (tertiary/aromatic N) is 1. The van der Waals surface area contributed by atoms with Crippen LogP contribution in [0.5, 0.6) is 0 Å². The molecule has 2 N–H and O–H groups in total. The van der Waals surface area contributed by atoms with Crippen LogP contribution in [0.25, 0.3) is 11.0 Å². The van der Waals surface area contributed by atoms with Crippen LogP contribution in [0.3, 0.4) is 0 Å². The first-order valence-electron chi connectivity index (χ1n) is 6.76. The van der Waals surface area contributed by atoms with E-state index in [1.54, 1.807) is 0 Å². The number of likely N-dealkylation sites (N-methyl/N-ethyl adjacent to an activating group) is 1. The van der Waals surface area contributed by atoms with Crippen molar-refractivity contribution in [2.45, 2.75) is 6.42 Å². The zero-order valence-electron chi connectivity index (χ0n) is 11.5. The zero-order valence-corrected chi connectivity index (χ0v) is 11.5. The summed E-state index contributed by atoms with van der Waals surface area (Å²) in [4.78, 5) is 2.18. The van der Waals surface area contributed by atoms with Crippen molar-refractivity contribution in [3.8, 4) is 0 Å². The maximum absolute atomic E-state index is 6.00. The third kappa shape index (κ3) is 2.35. The minimum atomic E-state index is 0.812. The summed E-state index contributed by atoms with van der Waals surface area (Å²) in [5, 5.41) is 1.20. The highest BCUT2D eigenvalue weighted by Crippen LogP contribution is 2.24. The number of hydrogen-bond donors (Lipinski definition) is 1. The first-order chi connectivity index (χ1) is 9.75. The van der Waals surface area contributed by atoms with Crippen LogP contribution >= 0.6 is 0 Å². The van der Waals surface area contributed by atoms with Crippen molar-refractivity contribution in [1.29, 1.82) is 0 Å². The fourth-order valence-corrected chi connectivity index (χ4v) is 2.47. The van der Waals surface area contributed by atoms with Gasteiger partial charge in [0.15, 0.2) is 0 Å². The Hall–Kier alpha value is -2.42. The van der Waals surface area contributed by atoms with Gasteiger partial charge in [-0.05, 0) is 30.2 Å². The van der Waals surface area contributed by atoms with Crippen molar-refractivity contribution in [1.82, 2.24) is 0 Å². The molecule has 0 fully saturated rings. The highest BCUT2D eigenvalue weighted by Gasteiger charge is 2.08. The molecule has 3 rings (SSSR count). The van der Waals surface area contributed by atoms with E-state index in [9.17, 15) is 0 Å². The molecule has 1 aromatic heterocycles. The molecule has 20 heavy (non-hydrogen) atoms. The van der Waals surface area contributed by atoms with E-state index in [1.807, 2.05) is 48.7 Å². The van der Waals surface area contributed by atoms with Crippen LogP contribution < -0.4 is 10.6 Å². The first-order valence-corrected chi connectivity index (χ1v) is 6.76. The molecule has 0 saturated heterocycles. The largest absolute Gasteiger partial charge is 0.464 e. The number of anilines is 2. The van der Waals surface area contributed by atoms with Crippen molar-refractivity contribution in [2.24, 2.45) is 0 Å². The van der Waals surface area contributed by atoms with Gasteiger partial charge in [-0.2, -0.15) is 0 Å². The Labute approximate surface area is 118 Å². The SMILES string of the molecule is CN(CCc1coc2ccccc12)c1ccccc1N. The van der Waals surface area contributed by atoms with Crippen molar-refractivity contribution in [2.75, 3.05) is 24.2 Å². The van der Waals surface area contributed by atoms with Gasteiger partial charge in [-0.1, -0.05) is 30.3 Å². The molecule has 0 radical (unpaired) electrons. The summed E-state index contributed by atoms with van der Waals surface area (Å²) in [5.74, 6) is 0. The van der Waals surface area contributed by atoms with Gasteiger partial charge in [0, 0.05) is 19.0 Å². The van der Waals surface area contributed by atoms with E-state index in [1.165, 1.54) is 10.9 Å². The highest BCUT2D eigenvalue weighted by molar-refractivity contribution is 5.81. The number of benzene rings is 2. The number of rotatable bonds is 4. The minimum Gasteiger partial charge on any atom is -0.464 e. The molecule has 0 unspecified atom stereocenters. The van der Waals surface area contributed by atoms with Crippen LogP contribution in [-0.2, 0) is 6.42 Å². The van der Waals surface area contributed by atoms with Gasteiger partial charge >= 0.3 is 0 Å². The summed E-state index contributed by atoms with van der Waals surface area (Å²) >= 11 is 0. The maximum atomic E-state index is 6.00. The van der Waals surface area contributed by atoms with E-state index in [0.717, 1.165) is 29.9 Å². The number of para-hydroxylation sites is 3. The number of furan rings is 1. The van der Waals surface area contributed by atoms with Crippen molar-refractivity contribution < 1.29 is 4.42 Å². The second kappa shape index (κ2) is 5.29. The average molecular weight is 266 g/mol. The summed E-state index contributed by atoms with van der Waals surface area (Å²) in [5.41, 5.74) is 10.1. The topological polar surface area (TPSA) is 42.4 Å². The molecular weight excluding hydrogens is 248 g/mol. The number of fused-ring (bicyclic) bond motifs is 1. The van der Waals surface area contributed by atoms with Gasteiger partial charge < -0.3 is 15.1 Å². The molecule has 0 amide bonds. The molecule has 102 valence electrons. The summed E-state index contributed by atoms with van der Waals surface area (Å²) in [6, 6.07) is 16.1.